The van der Waals surface area contributed by atoms with Crippen LogP contribution in [0.1, 0.15) is 19.0 Å². The van der Waals surface area contributed by atoms with E-state index in [1.54, 1.807) is 19.1 Å². The largest absolute Gasteiger partial charge is 0.461 e. The Labute approximate surface area is 142 Å². The molecule has 25 heavy (non-hydrogen) atoms. The van der Waals surface area contributed by atoms with Gasteiger partial charge in [0.05, 0.1) is 12.9 Å². The Kier molecular flexibility index (Phi) is 3.65. The molecule has 0 radical (unpaired) electrons. The lowest BCUT2D eigenvalue weighted by atomic mass is 10.2. The highest BCUT2D eigenvalue weighted by atomic mass is 16.5. The monoisotopic (exact) mass is 341 g/mol. The molecule has 3 aromatic heterocycles. The van der Waals surface area contributed by atoms with Gasteiger partial charge in [-0.2, -0.15) is 0 Å². The van der Waals surface area contributed by atoms with E-state index < -0.39 is 18.4 Å². The number of rotatable bonds is 2. The quantitative estimate of drug-likeness (QED) is 0.567. The van der Waals surface area contributed by atoms with Crippen LogP contribution >= 0.6 is 0 Å². The van der Waals surface area contributed by atoms with Crippen LogP contribution in [0.3, 0.4) is 0 Å². The van der Waals surface area contributed by atoms with Gasteiger partial charge in [0.15, 0.2) is 40.6 Å². The van der Waals surface area contributed by atoms with Gasteiger partial charge in [0.25, 0.3) is 0 Å². The topological polar surface area (TPSA) is 132 Å². The van der Waals surface area contributed by atoms with Crippen LogP contribution in [0.4, 0.5) is 5.82 Å². The second-order valence-electron chi connectivity index (χ2n) is 5.54. The number of nitrogen functional groups attached to an aromatic ring is 1. The average molecular weight is 341 g/mol. The lowest BCUT2D eigenvalue weighted by molar-refractivity contribution is -0.0167. The van der Waals surface area contributed by atoms with Crippen LogP contribution in [-0.2, 0) is 4.74 Å². The first-order valence-electron chi connectivity index (χ1n) is 7.60. The Hall–Kier alpha value is -2.93. The van der Waals surface area contributed by atoms with Gasteiger partial charge in [-0.05, 0) is 25.0 Å². The number of aliphatic hydroxyl groups excluding tert-OH is 2. The van der Waals surface area contributed by atoms with Crippen molar-refractivity contribution in [3.8, 4) is 23.4 Å². The van der Waals surface area contributed by atoms with Crippen molar-refractivity contribution in [3.63, 3.8) is 0 Å². The van der Waals surface area contributed by atoms with Crippen molar-refractivity contribution >= 4 is 17.0 Å². The van der Waals surface area contributed by atoms with Crippen LogP contribution in [0.15, 0.2) is 22.8 Å². The molecule has 0 unspecified atom stereocenters. The minimum Gasteiger partial charge on any atom is -0.461 e. The summed E-state index contributed by atoms with van der Waals surface area (Å²) in [5, 5.41) is 20.0. The summed E-state index contributed by atoms with van der Waals surface area (Å²) < 4.78 is 12.4. The fraction of sp³-hybridized carbons (Fsp3) is 0.312. The summed E-state index contributed by atoms with van der Waals surface area (Å²) in [5.74, 6) is 6.79. The van der Waals surface area contributed by atoms with Crippen LogP contribution in [0, 0.1) is 11.8 Å². The number of fused-ring (bicyclic) bond motifs is 1. The summed E-state index contributed by atoms with van der Waals surface area (Å²) in [4.78, 5) is 13.0. The molecule has 1 fully saturated rings. The van der Waals surface area contributed by atoms with Crippen molar-refractivity contribution < 1.29 is 19.4 Å². The van der Waals surface area contributed by atoms with Crippen molar-refractivity contribution in [1.82, 2.24) is 19.5 Å². The van der Waals surface area contributed by atoms with Gasteiger partial charge in [-0.3, -0.25) is 4.57 Å². The van der Waals surface area contributed by atoms with Crippen LogP contribution in [-0.4, -0.2) is 48.5 Å². The Balaban J connectivity index is 1.97. The van der Waals surface area contributed by atoms with Gasteiger partial charge in [-0.15, -0.1) is 0 Å². The molecule has 4 heterocycles. The summed E-state index contributed by atoms with van der Waals surface area (Å²) in [6.45, 7) is 1.66. The molecule has 3 atom stereocenters. The van der Waals surface area contributed by atoms with Gasteiger partial charge in [-0.1, -0.05) is 5.92 Å². The molecule has 0 aromatic carbocycles. The minimum atomic E-state index is -1.14. The van der Waals surface area contributed by atoms with Gasteiger partial charge in [0, 0.05) is 0 Å². The summed E-state index contributed by atoms with van der Waals surface area (Å²) in [6, 6.07) is 3.42. The number of ether oxygens (including phenoxy) is 1. The van der Waals surface area contributed by atoms with E-state index in [2.05, 4.69) is 26.8 Å². The highest BCUT2D eigenvalue weighted by molar-refractivity contribution is 5.84. The van der Waals surface area contributed by atoms with Gasteiger partial charge in [0.2, 0.25) is 0 Å². The fourth-order valence-electron chi connectivity index (χ4n) is 2.76. The molecule has 0 saturated carbocycles. The third-order valence-electron chi connectivity index (χ3n) is 3.92. The number of aliphatic hydroxyl groups is 2. The SMILES string of the molecule is CC#Cc1nc2c(N)nc(-c3ccco3)nc2n1[C@@H]1OC[C@@H](O)[C@H]1O. The van der Waals surface area contributed by atoms with Crippen molar-refractivity contribution in [3.05, 3.63) is 24.2 Å². The molecular weight excluding hydrogens is 326 g/mol. The first-order valence-corrected chi connectivity index (χ1v) is 7.60. The number of imidazole rings is 1. The number of aromatic nitrogens is 4. The van der Waals surface area contributed by atoms with E-state index in [0.717, 1.165) is 0 Å². The second kappa shape index (κ2) is 5.86. The molecular formula is C16H15N5O4. The molecule has 0 spiro atoms. The van der Waals surface area contributed by atoms with E-state index >= 15 is 0 Å². The molecule has 9 nitrogen and oxygen atoms in total. The van der Waals surface area contributed by atoms with E-state index in [1.807, 2.05) is 0 Å². The highest BCUT2D eigenvalue weighted by Crippen LogP contribution is 2.31. The van der Waals surface area contributed by atoms with Gasteiger partial charge < -0.3 is 25.1 Å². The maximum atomic E-state index is 10.2. The lowest BCUT2D eigenvalue weighted by Crippen LogP contribution is -2.29. The fourth-order valence-corrected chi connectivity index (χ4v) is 2.76. The van der Waals surface area contributed by atoms with Crippen LogP contribution < -0.4 is 5.73 Å². The average Bonchev–Trinajstić information content (AvgIpc) is 3.30. The van der Waals surface area contributed by atoms with Crippen molar-refractivity contribution in [1.29, 1.82) is 0 Å². The Bertz CT molecular complexity index is 986. The van der Waals surface area contributed by atoms with Gasteiger partial charge in [0.1, 0.15) is 12.2 Å². The first-order chi connectivity index (χ1) is 12.1. The molecule has 1 aliphatic rings. The van der Waals surface area contributed by atoms with E-state index in [0.29, 0.717) is 22.7 Å². The number of hydrogen-bond donors (Lipinski definition) is 3. The number of hydrogen-bond acceptors (Lipinski definition) is 8. The van der Waals surface area contributed by atoms with E-state index in [1.165, 1.54) is 10.8 Å². The molecule has 3 aromatic rings. The minimum absolute atomic E-state index is 0.00386. The van der Waals surface area contributed by atoms with Crippen molar-refractivity contribution in [2.75, 3.05) is 12.3 Å². The summed E-state index contributed by atoms with van der Waals surface area (Å²) in [6.07, 6.45) is -1.52. The molecule has 1 aliphatic heterocycles. The molecule has 0 bridgehead atoms. The van der Waals surface area contributed by atoms with Gasteiger partial charge >= 0.3 is 0 Å². The highest BCUT2D eigenvalue weighted by Gasteiger charge is 2.38. The number of anilines is 1. The molecule has 128 valence electrons. The third kappa shape index (κ3) is 2.44. The zero-order valence-corrected chi connectivity index (χ0v) is 13.2. The van der Waals surface area contributed by atoms with Crippen molar-refractivity contribution in [2.24, 2.45) is 0 Å². The smallest absolute Gasteiger partial charge is 0.199 e. The summed E-state index contributed by atoms with van der Waals surface area (Å²) in [7, 11) is 0. The van der Waals surface area contributed by atoms with Crippen LogP contribution in [0.25, 0.3) is 22.7 Å². The zero-order chi connectivity index (χ0) is 17.6. The maximum Gasteiger partial charge on any atom is 0.199 e. The molecule has 4 rings (SSSR count). The number of furan rings is 1. The zero-order valence-electron chi connectivity index (χ0n) is 13.2. The maximum absolute atomic E-state index is 10.2. The van der Waals surface area contributed by atoms with Crippen molar-refractivity contribution in [2.45, 2.75) is 25.4 Å². The Morgan fingerprint density at radius 1 is 1.32 bits per heavy atom. The number of nitrogens with two attached hydrogens (primary N) is 1. The predicted molar refractivity (Wildman–Crippen MR) is 87.0 cm³/mol. The second-order valence-corrected chi connectivity index (χ2v) is 5.54. The molecule has 4 N–H and O–H groups in total. The van der Waals surface area contributed by atoms with Crippen LogP contribution in [0.5, 0.6) is 0 Å². The Morgan fingerprint density at radius 3 is 2.80 bits per heavy atom. The lowest BCUT2D eigenvalue weighted by Gasteiger charge is -2.18. The first kappa shape index (κ1) is 15.6. The molecule has 0 amide bonds. The normalized spacial score (nSPS) is 22.9. The van der Waals surface area contributed by atoms with E-state index in [4.69, 9.17) is 14.9 Å². The van der Waals surface area contributed by atoms with Gasteiger partial charge in [-0.25, -0.2) is 15.0 Å². The predicted octanol–water partition coefficient (Wildman–Crippen LogP) is 0.291. The third-order valence-corrected chi connectivity index (χ3v) is 3.92. The van der Waals surface area contributed by atoms with Crippen LogP contribution in [0.2, 0.25) is 0 Å². The molecule has 9 heteroatoms. The van der Waals surface area contributed by atoms with E-state index in [-0.39, 0.29) is 18.2 Å². The summed E-state index contributed by atoms with van der Waals surface area (Å²) >= 11 is 0. The van der Waals surface area contributed by atoms with E-state index in [9.17, 15) is 10.2 Å². The summed E-state index contributed by atoms with van der Waals surface area (Å²) in [5.41, 5.74) is 6.71. The standard InChI is InChI=1S/C16H15N5O4/c1-2-4-10-18-11-13(17)19-14(9-5-3-6-24-9)20-15(11)21(10)16-12(23)8(22)7-25-16/h3,5-6,8,12,16,22-23H,7H2,1H3,(H2,17,19,20)/t8-,12-,16-/m1/s1. The Morgan fingerprint density at radius 2 is 2.16 bits per heavy atom. The molecule has 1 saturated heterocycles. The molecule has 0 aliphatic carbocycles. The number of nitrogens with zero attached hydrogens (tertiary/aromatic N) is 4.